The number of allylic oxidation sites excluding steroid dienone is 1. The average molecular weight is 230 g/mol. The van der Waals surface area contributed by atoms with Crippen LogP contribution < -0.4 is 5.32 Å². The molecule has 0 radical (unpaired) electrons. The Hall–Kier alpha value is -1.64. The number of hydrogen-bond acceptors (Lipinski definition) is 2. The minimum Gasteiger partial charge on any atom is -0.344 e. The van der Waals surface area contributed by atoms with Crippen molar-refractivity contribution in [2.24, 2.45) is 5.92 Å². The zero-order valence-electron chi connectivity index (χ0n) is 10.3. The van der Waals surface area contributed by atoms with Crippen molar-refractivity contribution in [2.75, 3.05) is 0 Å². The first-order valence-electron chi connectivity index (χ1n) is 6.06. The van der Waals surface area contributed by atoms with Crippen molar-refractivity contribution in [1.82, 2.24) is 10.3 Å². The molecule has 0 bridgehead atoms. The van der Waals surface area contributed by atoms with Crippen molar-refractivity contribution < 1.29 is 4.79 Å². The Kier molecular flexibility index (Phi) is 3.57. The summed E-state index contributed by atoms with van der Waals surface area (Å²) >= 11 is 0. The van der Waals surface area contributed by atoms with Crippen molar-refractivity contribution in [2.45, 2.75) is 32.7 Å². The molecule has 1 atom stereocenters. The summed E-state index contributed by atoms with van der Waals surface area (Å²) in [6, 6.07) is 5.67. The van der Waals surface area contributed by atoms with Crippen LogP contribution in [0.2, 0.25) is 0 Å². The lowest BCUT2D eigenvalue weighted by Crippen LogP contribution is -2.25. The number of hydrogen-bond donors (Lipinski definition) is 1. The fourth-order valence-corrected chi connectivity index (χ4v) is 1.82. The third-order valence-electron chi connectivity index (χ3n) is 3.07. The second-order valence-electron chi connectivity index (χ2n) is 4.65. The van der Waals surface area contributed by atoms with Crippen molar-refractivity contribution in [1.29, 1.82) is 0 Å². The van der Waals surface area contributed by atoms with Gasteiger partial charge < -0.3 is 5.32 Å². The maximum atomic E-state index is 11.8. The van der Waals surface area contributed by atoms with E-state index in [1.807, 2.05) is 32.0 Å². The Morgan fingerprint density at radius 1 is 1.53 bits per heavy atom. The highest BCUT2D eigenvalue weighted by Gasteiger charge is 2.23. The smallest absolute Gasteiger partial charge is 0.244 e. The zero-order valence-corrected chi connectivity index (χ0v) is 10.3. The van der Waals surface area contributed by atoms with Gasteiger partial charge in [-0.25, -0.2) is 0 Å². The van der Waals surface area contributed by atoms with Gasteiger partial charge in [0, 0.05) is 12.3 Å². The molecule has 1 saturated carbocycles. The molecule has 0 saturated heterocycles. The van der Waals surface area contributed by atoms with Gasteiger partial charge in [-0.15, -0.1) is 0 Å². The summed E-state index contributed by atoms with van der Waals surface area (Å²) in [6.07, 6.45) is 5.91. The van der Waals surface area contributed by atoms with Crippen molar-refractivity contribution in [3.63, 3.8) is 0 Å². The van der Waals surface area contributed by atoms with Gasteiger partial charge in [-0.2, -0.15) is 0 Å². The summed E-state index contributed by atoms with van der Waals surface area (Å²) in [5, 5.41) is 2.93. The third-order valence-corrected chi connectivity index (χ3v) is 3.07. The maximum Gasteiger partial charge on any atom is 0.244 e. The highest BCUT2D eigenvalue weighted by Crippen LogP contribution is 2.35. The fraction of sp³-hybridized carbons (Fsp3) is 0.429. The van der Waals surface area contributed by atoms with Crippen LogP contribution in [0.15, 0.2) is 36.0 Å². The topological polar surface area (TPSA) is 42.0 Å². The Morgan fingerprint density at radius 3 is 2.88 bits per heavy atom. The number of amides is 1. The first-order chi connectivity index (χ1) is 8.16. The standard InChI is InChI=1S/C14H18N2O/c1-10(12-6-7-12)9-14(17)16-11(2)13-5-3-4-8-15-13/h3-5,8-9,11-12H,6-7H2,1-2H3,(H,16,17)/b10-9+/t11-/m0/s1. The van der Waals surface area contributed by atoms with Crippen LogP contribution in [0, 0.1) is 5.92 Å². The molecule has 1 aromatic heterocycles. The van der Waals surface area contributed by atoms with Crippen molar-refractivity contribution in [3.8, 4) is 0 Å². The van der Waals surface area contributed by atoms with Crippen LogP contribution in [0.3, 0.4) is 0 Å². The molecule has 1 aliphatic carbocycles. The van der Waals surface area contributed by atoms with Gasteiger partial charge in [0.25, 0.3) is 0 Å². The highest BCUT2D eigenvalue weighted by atomic mass is 16.1. The SMILES string of the molecule is C/C(=C\C(=O)N[C@@H](C)c1ccccn1)C1CC1. The molecule has 90 valence electrons. The van der Waals surface area contributed by atoms with Crippen molar-refractivity contribution in [3.05, 3.63) is 41.7 Å². The summed E-state index contributed by atoms with van der Waals surface area (Å²) in [5.41, 5.74) is 2.08. The van der Waals surface area contributed by atoms with E-state index < -0.39 is 0 Å². The van der Waals surface area contributed by atoms with Gasteiger partial charge in [-0.05, 0) is 44.7 Å². The molecular formula is C14H18N2O. The minimum atomic E-state index is -0.0491. The summed E-state index contributed by atoms with van der Waals surface area (Å²) in [6.45, 7) is 3.98. The Morgan fingerprint density at radius 2 is 2.29 bits per heavy atom. The minimum absolute atomic E-state index is 0.0208. The highest BCUT2D eigenvalue weighted by molar-refractivity contribution is 5.88. The van der Waals surface area contributed by atoms with Gasteiger partial charge in [0.2, 0.25) is 5.91 Å². The van der Waals surface area contributed by atoms with E-state index in [1.54, 1.807) is 12.3 Å². The summed E-state index contributed by atoms with van der Waals surface area (Å²) < 4.78 is 0. The summed E-state index contributed by atoms with van der Waals surface area (Å²) in [7, 11) is 0. The molecule has 3 heteroatoms. The Labute approximate surface area is 102 Å². The Bertz CT molecular complexity index is 421. The van der Waals surface area contributed by atoms with Crippen LogP contribution in [0.25, 0.3) is 0 Å². The molecule has 1 heterocycles. The maximum absolute atomic E-state index is 11.8. The van der Waals surface area contributed by atoms with Crippen LogP contribution in [-0.2, 0) is 4.79 Å². The van der Waals surface area contributed by atoms with E-state index in [1.165, 1.54) is 18.4 Å². The van der Waals surface area contributed by atoms with E-state index in [0.29, 0.717) is 5.92 Å². The van der Waals surface area contributed by atoms with Gasteiger partial charge in [0.15, 0.2) is 0 Å². The van der Waals surface area contributed by atoms with Crippen LogP contribution in [-0.4, -0.2) is 10.9 Å². The number of rotatable bonds is 4. The molecule has 1 amide bonds. The first-order valence-corrected chi connectivity index (χ1v) is 6.06. The normalized spacial score (nSPS) is 17.6. The molecule has 1 fully saturated rings. The second-order valence-corrected chi connectivity index (χ2v) is 4.65. The number of nitrogens with one attached hydrogen (secondary N) is 1. The molecule has 0 aliphatic heterocycles. The molecule has 3 nitrogen and oxygen atoms in total. The van der Waals surface area contributed by atoms with E-state index in [0.717, 1.165) is 5.69 Å². The average Bonchev–Trinajstić information content (AvgIpc) is 3.13. The molecule has 17 heavy (non-hydrogen) atoms. The number of aromatic nitrogens is 1. The van der Waals surface area contributed by atoms with Gasteiger partial charge >= 0.3 is 0 Å². The van der Waals surface area contributed by atoms with Crippen LogP contribution in [0.4, 0.5) is 0 Å². The molecule has 0 aromatic carbocycles. The number of carbonyl (C=O) groups excluding carboxylic acids is 1. The predicted molar refractivity (Wildman–Crippen MR) is 67.3 cm³/mol. The van der Waals surface area contributed by atoms with Crippen LogP contribution in [0.1, 0.15) is 38.4 Å². The van der Waals surface area contributed by atoms with E-state index in [2.05, 4.69) is 10.3 Å². The molecule has 1 N–H and O–H groups in total. The first kappa shape index (κ1) is 11.8. The summed E-state index contributed by atoms with van der Waals surface area (Å²) in [5.74, 6) is 0.624. The molecule has 1 aromatic rings. The number of nitrogens with zero attached hydrogens (tertiary/aromatic N) is 1. The van der Waals surface area contributed by atoms with Gasteiger partial charge in [-0.1, -0.05) is 11.6 Å². The lowest BCUT2D eigenvalue weighted by atomic mass is 10.1. The van der Waals surface area contributed by atoms with Crippen molar-refractivity contribution >= 4 is 5.91 Å². The van der Waals surface area contributed by atoms with E-state index in [4.69, 9.17) is 0 Å². The fourth-order valence-electron chi connectivity index (χ4n) is 1.82. The predicted octanol–water partition coefficient (Wildman–Crippen LogP) is 2.62. The third kappa shape index (κ3) is 3.41. The molecule has 0 spiro atoms. The molecular weight excluding hydrogens is 212 g/mol. The van der Waals surface area contributed by atoms with Gasteiger partial charge in [0.1, 0.15) is 0 Å². The zero-order chi connectivity index (χ0) is 12.3. The molecule has 0 unspecified atom stereocenters. The Balaban J connectivity index is 1.92. The largest absolute Gasteiger partial charge is 0.344 e. The second kappa shape index (κ2) is 5.13. The van der Waals surface area contributed by atoms with Gasteiger partial charge in [0.05, 0.1) is 11.7 Å². The van der Waals surface area contributed by atoms with E-state index in [-0.39, 0.29) is 11.9 Å². The van der Waals surface area contributed by atoms with Crippen LogP contribution >= 0.6 is 0 Å². The lowest BCUT2D eigenvalue weighted by Gasteiger charge is -2.11. The monoisotopic (exact) mass is 230 g/mol. The molecule has 2 rings (SSSR count). The number of carbonyl (C=O) groups is 1. The lowest BCUT2D eigenvalue weighted by molar-refractivity contribution is -0.117. The number of pyridine rings is 1. The van der Waals surface area contributed by atoms with Crippen LogP contribution in [0.5, 0.6) is 0 Å². The molecule has 1 aliphatic rings. The summed E-state index contributed by atoms with van der Waals surface area (Å²) in [4.78, 5) is 16.0. The van der Waals surface area contributed by atoms with E-state index in [9.17, 15) is 4.79 Å². The van der Waals surface area contributed by atoms with E-state index >= 15 is 0 Å². The quantitative estimate of drug-likeness (QED) is 0.808. The van der Waals surface area contributed by atoms with Gasteiger partial charge in [-0.3, -0.25) is 9.78 Å².